The number of aliphatic imine (C=N–C) groups is 1. The molecule has 0 spiro atoms. The van der Waals surface area contributed by atoms with Gasteiger partial charge >= 0.3 is 0 Å². The van der Waals surface area contributed by atoms with Gasteiger partial charge in [-0.25, -0.2) is 0 Å². The minimum atomic E-state index is 0.0545. The average Bonchev–Trinajstić information content (AvgIpc) is 2.33. The Balaban J connectivity index is 1.83. The predicted molar refractivity (Wildman–Crippen MR) is 67.7 cm³/mol. The van der Waals surface area contributed by atoms with E-state index >= 15 is 0 Å². The lowest BCUT2D eigenvalue weighted by Gasteiger charge is -2.29. The maximum Gasteiger partial charge on any atom is 0.249 e. The van der Waals surface area contributed by atoms with Crippen molar-refractivity contribution < 1.29 is 4.79 Å². The molecule has 88 valence electrons. The van der Waals surface area contributed by atoms with E-state index in [-0.39, 0.29) is 5.91 Å². The Morgan fingerprint density at radius 1 is 1.56 bits per heavy atom. The number of likely N-dealkylation sites (tertiary alicyclic amines) is 1. The number of hydrogen-bond donors (Lipinski definition) is 1. The summed E-state index contributed by atoms with van der Waals surface area (Å²) in [5, 5.41) is 3.09. The van der Waals surface area contributed by atoms with Crippen LogP contribution in [0.4, 0.5) is 0 Å². The molecule has 2 aliphatic heterocycles. The number of carbonyl (C=O) groups is 1. The third kappa shape index (κ3) is 3.09. The molecule has 0 atom stereocenters. The summed E-state index contributed by atoms with van der Waals surface area (Å²) >= 11 is 1.56. The quantitative estimate of drug-likeness (QED) is 0.777. The summed E-state index contributed by atoms with van der Waals surface area (Å²) in [6, 6.07) is 0.334. The first-order valence-corrected chi connectivity index (χ1v) is 6.62. The summed E-state index contributed by atoms with van der Waals surface area (Å²) in [6.45, 7) is 2.13. The smallest absolute Gasteiger partial charge is 0.249 e. The molecular formula is C11H17N3OS. The van der Waals surface area contributed by atoms with Crippen LogP contribution in [0, 0.1) is 0 Å². The highest BCUT2D eigenvalue weighted by molar-refractivity contribution is 8.12. The van der Waals surface area contributed by atoms with Crippen LogP contribution in [0.25, 0.3) is 0 Å². The normalized spacial score (nSPS) is 22.9. The van der Waals surface area contributed by atoms with Gasteiger partial charge in [-0.1, -0.05) is 0 Å². The first-order chi connectivity index (χ1) is 7.75. The molecule has 0 bridgehead atoms. The molecule has 2 heterocycles. The SMILES string of the molecule is CN1CCC(NC(=O)C2=CN=CSC2)CC1. The van der Waals surface area contributed by atoms with Gasteiger partial charge in [0.1, 0.15) is 0 Å². The van der Waals surface area contributed by atoms with Crippen LogP contribution in [0.2, 0.25) is 0 Å². The van der Waals surface area contributed by atoms with Gasteiger partial charge in [0.15, 0.2) is 0 Å². The number of hydrogen-bond acceptors (Lipinski definition) is 4. The molecule has 0 aliphatic carbocycles. The highest BCUT2D eigenvalue weighted by Gasteiger charge is 2.20. The fourth-order valence-corrected chi connectivity index (χ4v) is 2.49. The fraction of sp³-hybridized carbons (Fsp3) is 0.636. The van der Waals surface area contributed by atoms with Gasteiger partial charge < -0.3 is 10.2 Å². The van der Waals surface area contributed by atoms with Gasteiger partial charge in [0.25, 0.3) is 0 Å². The lowest BCUT2D eigenvalue weighted by molar-refractivity contribution is -0.118. The second kappa shape index (κ2) is 5.50. The minimum absolute atomic E-state index is 0.0545. The summed E-state index contributed by atoms with van der Waals surface area (Å²) in [7, 11) is 2.12. The van der Waals surface area contributed by atoms with Crippen molar-refractivity contribution in [3.05, 3.63) is 11.8 Å². The number of amides is 1. The molecule has 2 aliphatic rings. The van der Waals surface area contributed by atoms with E-state index in [1.165, 1.54) is 0 Å². The second-order valence-corrected chi connectivity index (χ2v) is 5.10. The first-order valence-electron chi connectivity index (χ1n) is 5.57. The molecule has 5 heteroatoms. The Kier molecular flexibility index (Phi) is 4.01. The summed E-state index contributed by atoms with van der Waals surface area (Å²) in [5.41, 5.74) is 2.55. The largest absolute Gasteiger partial charge is 0.349 e. The summed E-state index contributed by atoms with van der Waals surface area (Å²) in [4.78, 5) is 18.2. The first kappa shape index (κ1) is 11.7. The number of nitrogens with zero attached hydrogens (tertiary/aromatic N) is 2. The maximum atomic E-state index is 11.9. The summed E-state index contributed by atoms with van der Waals surface area (Å²) in [6.07, 6.45) is 3.76. The zero-order valence-corrected chi connectivity index (χ0v) is 10.3. The van der Waals surface area contributed by atoms with Gasteiger partial charge in [0.05, 0.1) is 5.55 Å². The van der Waals surface area contributed by atoms with Crippen LogP contribution < -0.4 is 5.32 Å². The van der Waals surface area contributed by atoms with Crippen molar-refractivity contribution >= 4 is 23.2 Å². The highest BCUT2D eigenvalue weighted by atomic mass is 32.2. The van der Waals surface area contributed by atoms with E-state index in [1.54, 1.807) is 23.5 Å². The monoisotopic (exact) mass is 239 g/mol. The van der Waals surface area contributed by atoms with Crippen molar-refractivity contribution in [1.29, 1.82) is 0 Å². The van der Waals surface area contributed by atoms with Crippen LogP contribution in [0.15, 0.2) is 16.8 Å². The molecule has 4 nitrogen and oxygen atoms in total. The zero-order chi connectivity index (χ0) is 11.4. The van der Waals surface area contributed by atoms with E-state index < -0.39 is 0 Å². The van der Waals surface area contributed by atoms with Crippen LogP contribution in [0.1, 0.15) is 12.8 Å². The van der Waals surface area contributed by atoms with Gasteiger partial charge in [-0.15, -0.1) is 11.8 Å². The average molecular weight is 239 g/mol. The van der Waals surface area contributed by atoms with Crippen LogP contribution >= 0.6 is 11.8 Å². The molecule has 1 fully saturated rings. The Hall–Kier alpha value is -0.810. The Morgan fingerprint density at radius 3 is 2.94 bits per heavy atom. The van der Waals surface area contributed by atoms with Gasteiger partial charge in [0.2, 0.25) is 5.91 Å². The van der Waals surface area contributed by atoms with E-state index in [2.05, 4.69) is 22.3 Å². The van der Waals surface area contributed by atoms with Gasteiger partial charge in [-0.05, 0) is 33.0 Å². The molecule has 0 radical (unpaired) electrons. The molecule has 0 saturated carbocycles. The lowest BCUT2D eigenvalue weighted by atomic mass is 10.1. The Morgan fingerprint density at radius 2 is 2.31 bits per heavy atom. The second-order valence-electron chi connectivity index (χ2n) is 4.27. The van der Waals surface area contributed by atoms with E-state index in [0.717, 1.165) is 37.3 Å². The third-order valence-corrected chi connectivity index (χ3v) is 3.70. The van der Waals surface area contributed by atoms with Crippen molar-refractivity contribution in [2.24, 2.45) is 4.99 Å². The maximum absolute atomic E-state index is 11.9. The number of nitrogens with one attached hydrogen (secondary N) is 1. The molecule has 1 N–H and O–H groups in total. The predicted octanol–water partition coefficient (Wildman–Crippen LogP) is 0.856. The van der Waals surface area contributed by atoms with Crippen LogP contribution in [0.5, 0.6) is 0 Å². The van der Waals surface area contributed by atoms with Crippen molar-refractivity contribution in [2.75, 3.05) is 25.9 Å². The molecular weight excluding hydrogens is 222 g/mol. The van der Waals surface area contributed by atoms with Gasteiger partial charge in [0, 0.05) is 23.6 Å². The number of piperidine rings is 1. The van der Waals surface area contributed by atoms with E-state index in [0.29, 0.717) is 6.04 Å². The topological polar surface area (TPSA) is 44.7 Å². The van der Waals surface area contributed by atoms with Crippen molar-refractivity contribution in [3.63, 3.8) is 0 Å². The number of carbonyl (C=O) groups excluding carboxylic acids is 1. The van der Waals surface area contributed by atoms with E-state index in [9.17, 15) is 4.79 Å². The standard InChI is InChI=1S/C11H17N3OS/c1-14-4-2-10(3-5-14)13-11(15)9-6-12-8-16-7-9/h6,8,10H,2-5,7H2,1H3,(H,13,15). The highest BCUT2D eigenvalue weighted by Crippen LogP contribution is 2.13. The van der Waals surface area contributed by atoms with E-state index in [1.807, 2.05) is 0 Å². The fourth-order valence-electron chi connectivity index (χ4n) is 1.88. The van der Waals surface area contributed by atoms with Crippen molar-refractivity contribution in [3.8, 4) is 0 Å². The molecule has 2 rings (SSSR count). The Bertz CT molecular complexity index is 319. The summed E-state index contributed by atoms with van der Waals surface area (Å²) in [5.74, 6) is 0.793. The lowest BCUT2D eigenvalue weighted by Crippen LogP contribution is -2.44. The minimum Gasteiger partial charge on any atom is -0.349 e. The summed E-state index contributed by atoms with van der Waals surface area (Å²) < 4.78 is 0. The van der Waals surface area contributed by atoms with Crippen molar-refractivity contribution in [2.45, 2.75) is 18.9 Å². The third-order valence-electron chi connectivity index (χ3n) is 2.95. The van der Waals surface area contributed by atoms with Crippen LogP contribution in [0.3, 0.4) is 0 Å². The van der Waals surface area contributed by atoms with Gasteiger partial charge in [-0.2, -0.15) is 0 Å². The molecule has 0 aromatic rings. The zero-order valence-electron chi connectivity index (χ0n) is 9.48. The number of thioether (sulfide) groups is 1. The molecule has 0 aromatic carbocycles. The molecule has 0 aromatic heterocycles. The molecule has 0 unspecified atom stereocenters. The number of rotatable bonds is 2. The molecule has 16 heavy (non-hydrogen) atoms. The van der Waals surface area contributed by atoms with Crippen LogP contribution in [-0.2, 0) is 4.79 Å². The molecule has 1 amide bonds. The Labute approximate surface area is 100 Å². The van der Waals surface area contributed by atoms with E-state index in [4.69, 9.17) is 0 Å². The molecule has 1 saturated heterocycles. The van der Waals surface area contributed by atoms with Crippen LogP contribution in [-0.4, -0.2) is 48.3 Å². The van der Waals surface area contributed by atoms with Crippen molar-refractivity contribution in [1.82, 2.24) is 10.2 Å². The van der Waals surface area contributed by atoms with Gasteiger partial charge in [-0.3, -0.25) is 9.79 Å².